The van der Waals surface area contributed by atoms with Gasteiger partial charge in [0.15, 0.2) is 0 Å². The Kier molecular flexibility index (Phi) is 2.82. The molecule has 0 aliphatic carbocycles. The van der Waals surface area contributed by atoms with Crippen LogP contribution >= 0.6 is 0 Å². The lowest BCUT2D eigenvalue weighted by atomic mass is 10.1. The maximum atomic E-state index is 4.39. The average Bonchev–Trinajstić information content (AvgIpc) is 2.96. The van der Waals surface area contributed by atoms with Gasteiger partial charge in [-0.15, -0.1) is 0 Å². The van der Waals surface area contributed by atoms with E-state index in [9.17, 15) is 0 Å². The third kappa shape index (κ3) is 2.03. The molecule has 0 spiro atoms. The summed E-state index contributed by atoms with van der Waals surface area (Å²) in [5.41, 5.74) is 3.35. The fraction of sp³-hybridized carbons (Fsp3) is 0. The zero-order chi connectivity index (χ0) is 14.1. The smallest absolute Gasteiger partial charge is 0.367 e. The molecule has 1 aliphatic heterocycles. The van der Waals surface area contributed by atoms with Crippen molar-refractivity contribution < 1.29 is 0 Å². The molecule has 2 heterocycles. The third-order valence-electron chi connectivity index (χ3n) is 3.46. The van der Waals surface area contributed by atoms with E-state index in [-0.39, 0.29) is 0 Å². The van der Waals surface area contributed by atoms with Gasteiger partial charge in [-0.1, -0.05) is 30.3 Å². The maximum absolute atomic E-state index is 4.39. The molecule has 3 aromatic rings. The lowest BCUT2D eigenvalue weighted by Gasteiger charge is -2.18. The number of nitrogens with zero attached hydrogens (tertiary/aromatic N) is 4. The highest BCUT2D eigenvalue weighted by Crippen LogP contribution is 2.41. The number of hydrogen-bond acceptors (Lipinski definition) is 4. The standard InChI is InChI=1S/C16H12BN4/c1-2-6-13(7-3-1)20-14-8-4-5-9-15(14)21(17-20)16-12-18-10-11-19-16/h1-12H. The molecule has 5 heteroatoms. The van der Waals surface area contributed by atoms with Gasteiger partial charge < -0.3 is 9.62 Å². The molecule has 0 bridgehead atoms. The van der Waals surface area contributed by atoms with Crippen molar-refractivity contribution in [3.63, 3.8) is 0 Å². The van der Waals surface area contributed by atoms with Crippen molar-refractivity contribution in [3.05, 3.63) is 73.2 Å². The molecule has 0 atom stereocenters. The van der Waals surface area contributed by atoms with Gasteiger partial charge in [-0.2, -0.15) is 0 Å². The van der Waals surface area contributed by atoms with Gasteiger partial charge in [-0.05, 0) is 24.3 Å². The van der Waals surface area contributed by atoms with Crippen LogP contribution in [0.1, 0.15) is 0 Å². The Morgan fingerprint density at radius 1 is 0.762 bits per heavy atom. The molecular weight excluding hydrogens is 259 g/mol. The zero-order valence-corrected chi connectivity index (χ0v) is 11.3. The fourth-order valence-electron chi connectivity index (χ4n) is 2.50. The molecule has 21 heavy (non-hydrogen) atoms. The van der Waals surface area contributed by atoms with Crippen molar-refractivity contribution in [2.24, 2.45) is 0 Å². The van der Waals surface area contributed by atoms with E-state index in [1.807, 2.05) is 37.9 Å². The second kappa shape index (κ2) is 4.94. The molecule has 2 aromatic carbocycles. The van der Waals surface area contributed by atoms with E-state index in [0.29, 0.717) is 0 Å². The van der Waals surface area contributed by atoms with Crippen molar-refractivity contribution in [1.82, 2.24) is 9.97 Å². The van der Waals surface area contributed by atoms with Crippen molar-refractivity contribution in [3.8, 4) is 0 Å². The van der Waals surface area contributed by atoms with Gasteiger partial charge in [-0.25, -0.2) is 4.98 Å². The number of anilines is 4. The molecule has 0 saturated heterocycles. The molecule has 4 rings (SSSR count). The van der Waals surface area contributed by atoms with E-state index in [4.69, 9.17) is 0 Å². The molecule has 0 fully saturated rings. The quantitative estimate of drug-likeness (QED) is 0.669. The minimum atomic E-state index is 0.809. The first-order valence-electron chi connectivity index (χ1n) is 6.77. The lowest BCUT2D eigenvalue weighted by Crippen LogP contribution is -2.29. The topological polar surface area (TPSA) is 32.3 Å². The van der Waals surface area contributed by atoms with Crippen molar-refractivity contribution in [2.45, 2.75) is 0 Å². The van der Waals surface area contributed by atoms with E-state index < -0.39 is 0 Å². The Labute approximate surface area is 124 Å². The first-order chi connectivity index (χ1) is 10.4. The first kappa shape index (κ1) is 12.0. The molecule has 4 nitrogen and oxygen atoms in total. The molecule has 1 aromatic heterocycles. The largest absolute Gasteiger partial charge is 0.402 e. The zero-order valence-electron chi connectivity index (χ0n) is 11.3. The van der Waals surface area contributed by atoms with Crippen LogP contribution in [0.15, 0.2) is 73.2 Å². The highest BCUT2D eigenvalue weighted by Gasteiger charge is 2.30. The summed E-state index contributed by atoms with van der Waals surface area (Å²) in [7, 11) is 2.05. The third-order valence-corrected chi connectivity index (χ3v) is 3.46. The summed E-state index contributed by atoms with van der Waals surface area (Å²) < 4.78 is 0. The minimum Gasteiger partial charge on any atom is -0.367 e. The summed E-state index contributed by atoms with van der Waals surface area (Å²) in [6.45, 7) is 0. The predicted molar refractivity (Wildman–Crippen MR) is 84.9 cm³/mol. The molecule has 0 N–H and O–H groups in total. The predicted octanol–water partition coefficient (Wildman–Crippen LogP) is 3.30. The fourth-order valence-corrected chi connectivity index (χ4v) is 2.50. The molecule has 0 saturated carbocycles. The molecule has 1 aliphatic rings. The highest BCUT2D eigenvalue weighted by atomic mass is 15.3. The maximum Gasteiger partial charge on any atom is 0.402 e. The van der Waals surface area contributed by atoms with Crippen molar-refractivity contribution in [1.29, 1.82) is 0 Å². The van der Waals surface area contributed by atoms with Crippen LogP contribution in [-0.4, -0.2) is 17.5 Å². The number of para-hydroxylation sites is 3. The monoisotopic (exact) mass is 271 g/mol. The van der Waals surface area contributed by atoms with Gasteiger partial charge in [0.2, 0.25) is 0 Å². The summed E-state index contributed by atoms with van der Waals surface area (Å²) in [5, 5.41) is 0. The van der Waals surface area contributed by atoms with Gasteiger partial charge in [0.1, 0.15) is 5.82 Å². The van der Waals surface area contributed by atoms with Gasteiger partial charge in [0, 0.05) is 18.1 Å². The summed E-state index contributed by atoms with van der Waals surface area (Å²) in [6, 6.07) is 18.5. The number of rotatable bonds is 2. The van der Waals surface area contributed by atoms with Crippen LogP contribution in [0.5, 0.6) is 0 Å². The summed E-state index contributed by atoms with van der Waals surface area (Å²) in [4.78, 5) is 12.8. The van der Waals surface area contributed by atoms with Gasteiger partial charge >= 0.3 is 7.55 Å². The summed E-state index contributed by atoms with van der Waals surface area (Å²) >= 11 is 0. The molecule has 1 radical (unpaired) electrons. The molecule has 0 unspecified atom stereocenters. The Hall–Kier alpha value is -2.82. The first-order valence-corrected chi connectivity index (χ1v) is 6.77. The second-order valence-electron chi connectivity index (χ2n) is 4.74. The van der Waals surface area contributed by atoms with Crippen LogP contribution in [0.3, 0.4) is 0 Å². The van der Waals surface area contributed by atoms with Crippen molar-refractivity contribution >= 4 is 30.4 Å². The summed E-state index contributed by atoms with van der Waals surface area (Å²) in [6.07, 6.45) is 5.15. The molecule has 99 valence electrons. The van der Waals surface area contributed by atoms with Gasteiger partial charge in [-0.3, -0.25) is 4.98 Å². The Morgan fingerprint density at radius 2 is 1.48 bits per heavy atom. The van der Waals surface area contributed by atoms with Gasteiger partial charge in [0.25, 0.3) is 0 Å². The van der Waals surface area contributed by atoms with Crippen molar-refractivity contribution in [2.75, 3.05) is 9.62 Å². The molecular formula is C16H12BN4. The minimum absolute atomic E-state index is 0.809. The SMILES string of the molecule is [B]1N(c2ccccc2)c2ccccc2N1c1cnccn1. The van der Waals surface area contributed by atoms with E-state index in [1.54, 1.807) is 18.6 Å². The van der Waals surface area contributed by atoms with Crippen LogP contribution in [0.25, 0.3) is 0 Å². The Balaban J connectivity index is 1.81. The van der Waals surface area contributed by atoms with E-state index >= 15 is 0 Å². The Morgan fingerprint density at radius 3 is 2.19 bits per heavy atom. The average molecular weight is 271 g/mol. The number of fused-ring (bicyclic) bond motifs is 1. The van der Waals surface area contributed by atoms with Crippen LogP contribution in [0, 0.1) is 0 Å². The highest BCUT2D eigenvalue weighted by molar-refractivity contribution is 6.55. The number of benzene rings is 2. The van der Waals surface area contributed by atoms with E-state index in [0.717, 1.165) is 22.9 Å². The van der Waals surface area contributed by atoms with Crippen LogP contribution in [0.2, 0.25) is 0 Å². The van der Waals surface area contributed by atoms with Gasteiger partial charge in [0.05, 0.1) is 17.6 Å². The normalized spacial score (nSPS) is 13.0. The Bertz CT molecular complexity index is 684. The molecule has 0 amide bonds. The number of hydrogen-bond donors (Lipinski definition) is 0. The van der Waals surface area contributed by atoms with E-state index in [2.05, 4.69) is 43.9 Å². The van der Waals surface area contributed by atoms with Crippen LogP contribution < -0.4 is 9.62 Å². The summed E-state index contributed by atoms with van der Waals surface area (Å²) in [5.74, 6) is 0.809. The second-order valence-corrected chi connectivity index (χ2v) is 4.74. The number of aromatic nitrogens is 2. The lowest BCUT2D eigenvalue weighted by molar-refractivity contribution is 1.16. The van der Waals surface area contributed by atoms with E-state index in [1.165, 1.54) is 0 Å². The van der Waals surface area contributed by atoms with Crippen LogP contribution in [-0.2, 0) is 0 Å². The van der Waals surface area contributed by atoms with Crippen LogP contribution in [0.4, 0.5) is 22.9 Å².